The molecule has 4 heteroatoms. The third-order valence-corrected chi connectivity index (χ3v) is 4.33. The fourth-order valence-corrected chi connectivity index (χ4v) is 2.94. The van der Waals surface area contributed by atoms with Gasteiger partial charge in [-0.15, -0.1) is 0 Å². The van der Waals surface area contributed by atoms with E-state index >= 15 is 0 Å². The zero-order valence-corrected chi connectivity index (χ0v) is 11.9. The van der Waals surface area contributed by atoms with Crippen LogP contribution in [0.3, 0.4) is 0 Å². The molecule has 1 unspecified atom stereocenters. The molecule has 1 saturated carbocycles. The summed E-state index contributed by atoms with van der Waals surface area (Å²) >= 11 is 0. The second-order valence-corrected chi connectivity index (χ2v) is 6.55. The molecule has 1 fully saturated rings. The van der Waals surface area contributed by atoms with Crippen molar-refractivity contribution in [1.82, 2.24) is 14.8 Å². The highest BCUT2D eigenvalue weighted by Gasteiger charge is 2.33. The van der Waals surface area contributed by atoms with E-state index in [2.05, 4.69) is 30.9 Å². The number of hydrogen-bond donors (Lipinski definition) is 1. The maximum Gasteiger partial charge on any atom is 0.138 e. The van der Waals surface area contributed by atoms with Crippen molar-refractivity contribution in [2.45, 2.75) is 71.4 Å². The molecule has 18 heavy (non-hydrogen) atoms. The van der Waals surface area contributed by atoms with Crippen LogP contribution in [-0.2, 0) is 13.0 Å². The van der Waals surface area contributed by atoms with Gasteiger partial charge in [0.2, 0.25) is 0 Å². The predicted octanol–water partition coefficient (Wildman–Crippen LogP) is 2.53. The Bertz CT molecular complexity index is 396. The maximum absolute atomic E-state index is 6.61. The van der Waals surface area contributed by atoms with Gasteiger partial charge in [-0.05, 0) is 38.0 Å². The van der Waals surface area contributed by atoms with Gasteiger partial charge in [-0.2, -0.15) is 5.10 Å². The monoisotopic (exact) mass is 250 g/mol. The molecule has 0 bridgehead atoms. The van der Waals surface area contributed by atoms with E-state index in [1.807, 2.05) is 4.68 Å². The molecular weight excluding hydrogens is 224 g/mol. The van der Waals surface area contributed by atoms with Gasteiger partial charge in [0.05, 0.1) is 0 Å². The fraction of sp³-hybridized carbons (Fsp3) is 0.857. The summed E-state index contributed by atoms with van der Waals surface area (Å²) in [5, 5.41) is 4.23. The van der Waals surface area contributed by atoms with Crippen LogP contribution >= 0.6 is 0 Å². The molecule has 1 aromatic rings. The summed E-state index contributed by atoms with van der Waals surface area (Å²) in [6, 6.07) is 0. The standard InChI is InChI=1S/C14H26N4/c1-4-18-12(16-11-17-18)10-14(15)7-5-6-13(2,3)8-9-14/h11H,4-10,15H2,1-3H3. The van der Waals surface area contributed by atoms with Gasteiger partial charge < -0.3 is 5.73 Å². The minimum Gasteiger partial charge on any atom is -0.325 e. The molecule has 1 atom stereocenters. The number of aromatic nitrogens is 3. The highest BCUT2D eigenvalue weighted by molar-refractivity contribution is 4.99. The SMILES string of the molecule is CCn1ncnc1CC1(N)CCCC(C)(C)CC1. The Hall–Kier alpha value is -0.900. The van der Waals surface area contributed by atoms with E-state index in [1.165, 1.54) is 19.3 Å². The van der Waals surface area contributed by atoms with Crippen molar-refractivity contribution >= 4 is 0 Å². The van der Waals surface area contributed by atoms with E-state index in [0.717, 1.165) is 31.6 Å². The molecule has 0 spiro atoms. The van der Waals surface area contributed by atoms with Gasteiger partial charge in [0.25, 0.3) is 0 Å². The van der Waals surface area contributed by atoms with Crippen LogP contribution in [0.4, 0.5) is 0 Å². The zero-order valence-electron chi connectivity index (χ0n) is 11.9. The van der Waals surface area contributed by atoms with Crippen LogP contribution in [0.5, 0.6) is 0 Å². The Morgan fingerprint density at radius 3 is 2.78 bits per heavy atom. The fourth-order valence-electron chi connectivity index (χ4n) is 2.94. The highest BCUT2D eigenvalue weighted by Crippen LogP contribution is 2.38. The maximum atomic E-state index is 6.61. The van der Waals surface area contributed by atoms with E-state index in [1.54, 1.807) is 6.33 Å². The topological polar surface area (TPSA) is 56.7 Å². The lowest BCUT2D eigenvalue weighted by molar-refractivity contribution is 0.294. The Morgan fingerprint density at radius 2 is 2.06 bits per heavy atom. The molecule has 1 aliphatic carbocycles. The van der Waals surface area contributed by atoms with Gasteiger partial charge in [-0.25, -0.2) is 4.98 Å². The van der Waals surface area contributed by atoms with Crippen molar-refractivity contribution in [3.05, 3.63) is 12.2 Å². The third-order valence-electron chi connectivity index (χ3n) is 4.33. The molecule has 0 radical (unpaired) electrons. The first-order valence-corrected chi connectivity index (χ1v) is 7.10. The minimum absolute atomic E-state index is 0.0896. The van der Waals surface area contributed by atoms with Crippen LogP contribution in [0.1, 0.15) is 58.7 Å². The van der Waals surface area contributed by atoms with E-state index in [-0.39, 0.29) is 5.54 Å². The average molecular weight is 250 g/mol. The summed E-state index contributed by atoms with van der Waals surface area (Å²) in [5.74, 6) is 1.04. The van der Waals surface area contributed by atoms with Crippen LogP contribution in [0.25, 0.3) is 0 Å². The van der Waals surface area contributed by atoms with Gasteiger partial charge >= 0.3 is 0 Å². The molecule has 4 nitrogen and oxygen atoms in total. The van der Waals surface area contributed by atoms with Crippen LogP contribution < -0.4 is 5.73 Å². The Kier molecular flexibility index (Phi) is 3.76. The van der Waals surface area contributed by atoms with Crippen LogP contribution in [0, 0.1) is 5.41 Å². The average Bonchev–Trinajstić information content (AvgIpc) is 2.68. The molecule has 0 aliphatic heterocycles. The number of nitrogens with zero attached hydrogens (tertiary/aromatic N) is 3. The molecule has 0 saturated heterocycles. The molecule has 1 aliphatic rings. The van der Waals surface area contributed by atoms with Crippen LogP contribution in [0.15, 0.2) is 6.33 Å². The smallest absolute Gasteiger partial charge is 0.138 e. The second kappa shape index (κ2) is 5.00. The second-order valence-electron chi connectivity index (χ2n) is 6.55. The molecule has 0 amide bonds. The first-order chi connectivity index (χ1) is 8.44. The lowest BCUT2D eigenvalue weighted by Gasteiger charge is -2.28. The first kappa shape index (κ1) is 13.5. The largest absolute Gasteiger partial charge is 0.325 e. The summed E-state index contributed by atoms with van der Waals surface area (Å²) in [7, 11) is 0. The van der Waals surface area contributed by atoms with Crippen LogP contribution in [-0.4, -0.2) is 20.3 Å². The van der Waals surface area contributed by atoms with Crippen molar-refractivity contribution in [3.63, 3.8) is 0 Å². The number of aryl methyl sites for hydroxylation is 1. The van der Waals surface area contributed by atoms with Gasteiger partial charge in [-0.3, -0.25) is 4.68 Å². The molecule has 2 N–H and O–H groups in total. The zero-order chi connectivity index (χ0) is 13.2. The van der Waals surface area contributed by atoms with E-state index in [9.17, 15) is 0 Å². The van der Waals surface area contributed by atoms with Gasteiger partial charge in [0.1, 0.15) is 12.2 Å². The van der Waals surface area contributed by atoms with E-state index in [0.29, 0.717) is 5.41 Å². The van der Waals surface area contributed by atoms with E-state index in [4.69, 9.17) is 5.73 Å². The predicted molar refractivity (Wildman–Crippen MR) is 73.2 cm³/mol. The molecule has 0 aromatic carbocycles. The van der Waals surface area contributed by atoms with Crippen LogP contribution in [0.2, 0.25) is 0 Å². The normalized spacial score (nSPS) is 28.0. The van der Waals surface area contributed by atoms with Crippen molar-refractivity contribution in [2.75, 3.05) is 0 Å². The molecule has 2 rings (SSSR count). The lowest BCUT2D eigenvalue weighted by atomic mass is 9.83. The van der Waals surface area contributed by atoms with Gasteiger partial charge in [-0.1, -0.05) is 20.3 Å². The molecule has 1 heterocycles. The van der Waals surface area contributed by atoms with Crippen molar-refractivity contribution in [3.8, 4) is 0 Å². The Morgan fingerprint density at radius 1 is 1.28 bits per heavy atom. The summed E-state index contributed by atoms with van der Waals surface area (Å²) in [4.78, 5) is 4.37. The van der Waals surface area contributed by atoms with E-state index < -0.39 is 0 Å². The summed E-state index contributed by atoms with van der Waals surface area (Å²) in [5.41, 5.74) is 6.97. The number of hydrogen-bond acceptors (Lipinski definition) is 3. The van der Waals surface area contributed by atoms with Crippen molar-refractivity contribution < 1.29 is 0 Å². The number of rotatable bonds is 3. The molecule has 102 valence electrons. The van der Waals surface area contributed by atoms with Crippen molar-refractivity contribution in [1.29, 1.82) is 0 Å². The molecular formula is C14H26N4. The summed E-state index contributed by atoms with van der Waals surface area (Å²) in [6.07, 6.45) is 8.42. The Balaban J connectivity index is 2.07. The third kappa shape index (κ3) is 3.10. The van der Waals surface area contributed by atoms with Gasteiger partial charge in [0, 0.05) is 18.5 Å². The quantitative estimate of drug-likeness (QED) is 0.839. The minimum atomic E-state index is -0.0896. The van der Waals surface area contributed by atoms with Crippen molar-refractivity contribution in [2.24, 2.45) is 11.1 Å². The van der Waals surface area contributed by atoms with Gasteiger partial charge in [0.15, 0.2) is 0 Å². The lowest BCUT2D eigenvalue weighted by Crippen LogP contribution is -2.42. The number of nitrogens with two attached hydrogens (primary N) is 1. The first-order valence-electron chi connectivity index (χ1n) is 7.10. The highest BCUT2D eigenvalue weighted by atomic mass is 15.3. The Labute approximate surface area is 110 Å². The summed E-state index contributed by atoms with van der Waals surface area (Å²) < 4.78 is 1.96. The summed E-state index contributed by atoms with van der Waals surface area (Å²) in [6.45, 7) is 7.68. The molecule has 1 aromatic heterocycles.